The molecule has 0 aliphatic rings. The smallest absolute Gasteiger partial charge is 0.272 e. The van der Waals surface area contributed by atoms with E-state index in [1.165, 1.54) is 23.1 Å². The van der Waals surface area contributed by atoms with Crippen LogP contribution in [-0.4, -0.2) is 26.2 Å². The lowest BCUT2D eigenvalue weighted by Gasteiger charge is -2.12. The number of thiophene rings is 1. The quantitative estimate of drug-likeness (QED) is 0.252. The molecule has 6 nitrogen and oxygen atoms in total. The number of carbonyl (C=O) groups excluding carboxylic acids is 1. The highest BCUT2D eigenvalue weighted by Gasteiger charge is 2.18. The minimum absolute atomic E-state index is 0.0816. The number of amides is 1. The zero-order valence-corrected chi connectivity index (χ0v) is 19.6. The molecule has 0 saturated carbocycles. The molecule has 3 aromatic heterocycles. The predicted octanol–water partition coefficient (Wildman–Crippen LogP) is 5.44. The Morgan fingerprint density at radius 2 is 1.85 bits per heavy atom. The van der Waals surface area contributed by atoms with Crippen molar-refractivity contribution >= 4 is 66.7 Å². The Morgan fingerprint density at radius 3 is 2.67 bits per heavy atom. The number of para-hydroxylation sites is 1. The number of aromatic nitrogens is 3. The van der Waals surface area contributed by atoms with Crippen molar-refractivity contribution in [1.82, 2.24) is 14.5 Å². The fourth-order valence-corrected chi connectivity index (χ4v) is 5.44. The molecule has 0 saturated heterocycles. The van der Waals surface area contributed by atoms with Gasteiger partial charge in [-0.2, -0.15) is 0 Å². The maximum Gasteiger partial charge on any atom is 0.272 e. The van der Waals surface area contributed by atoms with Gasteiger partial charge in [-0.3, -0.25) is 14.2 Å². The van der Waals surface area contributed by atoms with Crippen LogP contribution in [0.1, 0.15) is 5.56 Å². The first-order chi connectivity index (χ1) is 16.1. The van der Waals surface area contributed by atoms with Crippen LogP contribution in [0.15, 0.2) is 82.9 Å². The highest BCUT2D eigenvalue weighted by atomic mass is 35.5. The van der Waals surface area contributed by atoms with Crippen LogP contribution in [0, 0.1) is 0 Å². The van der Waals surface area contributed by atoms with E-state index in [1.54, 1.807) is 35.0 Å². The maximum atomic E-state index is 13.5. The first-order valence-electron chi connectivity index (χ1n) is 10.1. The van der Waals surface area contributed by atoms with Crippen molar-refractivity contribution in [3.8, 4) is 0 Å². The number of thioether (sulfide) groups is 1. The molecule has 0 aliphatic carbocycles. The highest BCUT2D eigenvalue weighted by Crippen LogP contribution is 2.31. The van der Waals surface area contributed by atoms with Crippen molar-refractivity contribution in [1.29, 1.82) is 0 Å². The molecule has 1 amide bonds. The summed E-state index contributed by atoms with van der Waals surface area (Å²) in [5.41, 5.74) is 2.00. The van der Waals surface area contributed by atoms with Crippen LogP contribution in [0.5, 0.6) is 0 Å². The van der Waals surface area contributed by atoms with Crippen LogP contribution in [0.3, 0.4) is 0 Å². The van der Waals surface area contributed by atoms with E-state index in [9.17, 15) is 9.59 Å². The fraction of sp³-hybridized carbons (Fsp3) is 0.0833. The van der Waals surface area contributed by atoms with Gasteiger partial charge in [0.15, 0.2) is 5.16 Å². The Labute approximate surface area is 202 Å². The van der Waals surface area contributed by atoms with Crippen molar-refractivity contribution in [3.63, 3.8) is 0 Å². The van der Waals surface area contributed by atoms with Gasteiger partial charge in [-0.15, -0.1) is 11.3 Å². The molecule has 0 unspecified atom stereocenters. The molecule has 33 heavy (non-hydrogen) atoms. The SMILES string of the molecule is O=C(CSc1nc2c(sc3ncccc32)c(=O)n1Cc1ccccc1)Nc1ccccc1Cl. The van der Waals surface area contributed by atoms with Crippen molar-refractivity contribution in [3.05, 3.63) is 93.9 Å². The number of nitrogens with zero attached hydrogens (tertiary/aromatic N) is 3. The molecule has 5 rings (SSSR count). The molecular weight excluding hydrogens is 476 g/mol. The molecule has 3 heterocycles. The fourth-order valence-electron chi connectivity index (χ4n) is 3.44. The Morgan fingerprint density at radius 1 is 1.06 bits per heavy atom. The molecule has 9 heteroatoms. The molecule has 0 radical (unpaired) electrons. The third-order valence-corrected chi connectivity index (χ3v) is 7.38. The van der Waals surface area contributed by atoms with Gasteiger partial charge in [0.25, 0.3) is 5.56 Å². The van der Waals surface area contributed by atoms with Gasteiger partial charge in [-0.25, -0.2) is 9.97 Å². The molecule has 1 N–H and O–H groups in total. The van der Waals surface area contributed by atoms with Gasteiger partial charge in [0, 0.05) is 11.6 Å². The number of rotatable bonds is 6. The number of hydrogen-bond acceptors (Lipinski definition) is 6. The van der Waals surface area contributed by atoms with E-state index in [2.05, 4.69) is 10.3 Å². The third-order valence-electron chi connectivity index (χ3n) is 4.98. The highest BCUT2D eigenvalue weighted by molar-refractivity contribution is 7.99. The van der Waals surface area contributed by atoms with E-state index in [1.807, 2.05) is 42.5 Å². The molecule has 0 bridgehead atoms. The van der Waals surface area contributed by atoms with E-state index in [0.717, 1.165) is 15.8 Å². The van der Waals surface area contributed by atoms with Crippen molar-refractivity contribution in [2.75, 3.05) is 11.1 Å². The van der Waals surface area contributed by atoms with Gasteiger partial charge in [0.2, 0.25) is 5.91 Å². The molecule has 0 spiro atoms. The van der Waals surface area contributed by atoms with Gasteiger partial charge in [0.05, 0.1) is 28.5 Å². The number of fused-ring (bicyclic) bond motifs is 3. The van der Waals surface area contributed by atoms with Crippen LogP contribution in [0.2, 0.25) is 5.02 Å². The topological polar surface area (TPSA) is 76.9 Å². The number of anilines is 1. The van der Waals surface area contributed by atoms with Gasteiger partial charge in [-0.05, 0) is 29.8 Å². The summed E-state index contributed by atoms with van der Waals surface area (Å²) in [6, 6.07) is 20.5. The lowest BCUT2D eigenvalue weighted by atomic mass is 10.2. The summed E-state index contributed by atoms with van der Waals surface area (Å²) in [5.74, 6) is -0.149. The van der Waals surface area contributed by atoms with Crippen molar-refractivity contribution < 1.29 is 4.79 Å². The van der Waals surface area contributed by atoms with E-state index >= 15 is 0 Å². The van der Waals surface area contributed by atoms with Gasteiger partial charge in [-0.1, -0.05) is 65.8 Å². The molecule has 0 fully saturated rings. The van der Waals surface area contributed by atoms with Crippen LogP contribution in [-0.2, 0) is 11.3 Å². The molecule has 5 aromatic rings. The summed E-state index contributed by atoms with van der Waals surface area (Å²) in [4.78, 5) is 36.0. The lowest BCUT2D eigenvalue weighted by molar-refractivity contribution is -0.113. The normalized spacial score (nSPS) is 11.2. The predicted molar refractivity (Wildman–Crippen MR) is 136 cm³/mol. The maximum absolute atomic E-state index is 13.5. The van der Waals surface area contributed by atoms with E-state index in [4.69, 9.17) is 16.6 Å². The second kappa shape index (κ2) is 9.35. The Hall–Kier alpha value is -3.20. The second-order valence-electron chi connectivity index (χ2n) is 7.22. The Balaban J connectivity index is 1.51. The number of nitrogens with one attached hydrogen (secondary N) is 1. The zero-order valence-electron chi connectivity index (χ0n) is 17.2. The molecule has 164 valence electrons. The minimum atomic E-state index is -0.231. The number of hydrogen-bond donors (Lipinski definition) is 1. The summed E-state index contributed by atoms with van der Waals surface area (Å²) in [6.07, 6.45) is 1.70. The van der Waals surface area contributed by atoms with E-state index in [0.29, 0.717) is 32.6 Å². The number of pyridine rings is 1. The summed E-state index contributed by atoms with van der Waals surface area (Å²) in [5, 5.41) is 4.60. The third kappa shape index (κ3) is 4.50. The molecular formula is C24H17ClN4O2S2. The zero-order chi connectivity index (χ0) is 22.8. The minimum Gasteiger partial charge on any atom is -0.324 e. The largest absolute Gasteiger partial charge is 0.324 e. The number of carbonyl (C=O) groups is 1. The van der Waals surface area contributed by atoms with Crippen molar-refractivity contribution in [2.45, 2.75) is 11.7 Å². The molecule has 2 aromatic carbocycles. The average Bonchev–Trinajstić information content (AvgIpc) is 3.21. The first kappa shape index (κ1) is 21.6. The van der Waals surface area contributed by atoms with Crippen LogP contribution < -0.4 is 10.9 Å². The average molecular weight is 493 g/mol. The Kier molecular flexibility index (Phi) is 6.13. The molecule has 0 aliphatic heterocycles. The van der Waals surface area contributed by atoms with Crippen molar-refractivity contribution in [2.24, 2.45) is 0 Å². The van der Waals surface area contributed by atoms with Crippen LogP contribution >= 0.6 is 34.7 Å². The summed E-state index contributed by atoms with van der Waals surface area (Å²) < 4.78 is 2.19. The van der Waals surface area contributed by atoms with Gasteiger partial charge in [0.1, 0.15) is 9.53 Å². The summed E-state index contributed by atoms with van der Waals surface area (Å²) >= 11 is 8.71. The van der Waals surface area contributed by atoms with Gasteiger partial charge < -0.3 is 5.32 Å². The lowest BCUT2D eigenvalue weighted by Crippen LogP contribution is -2.24. The summed E-state index contributed by atoms with van der Waals surface area (Å²) in [7, 11) is 0. The summed E-state index contributed by atoms with van der Waals surface area (Å²) in [6.45, 7) is 0.360. The number of benzene rings is 2. The number of halogens is 1. The Bertz CT molecular complexity index is 1530. The molecule has 0 atom stereocenters. The van der Waals surface area contributed by atoms with E-state index < -0.39 is 0 Å². The van der Waals surface area contributed by atoms with Crippen LogP contribution in [0.4, 0.5) is 5.69 Å². The van der Waals surface area contributed by atoms with Gasteiger partial charge >= 0.3 is 0 Å². The monoisotopic (exact) mass is 492 g/mol. The van der Waals surface area contributed by atoms with E-state index in [-0.39, 0.29) is 17.2 Å². The van der Waals surface area contributed by atoms with Crippen LogP contribution in [0.25, 0.3) is 20.4 Å². The standard InChI is InChI=1S/C24H17ClN4O2S2/c25-17-10-4-5-11-18(17)27-19(30)14-32-24-28-20-16-9-6-12-26-22(16)33-21(20)23(31)29(24)13-15-7-2-1-3-8-15/h1-12H,13-14H2,(H,27,30). The first-order valence-corrected chi connectivity index (χ1v) is 12.3. The second-order valence-corrected chi connectivity index (χ2v) is 9.57.